The molecule has 2 heterocycles. The number of hydrogen-bond donors (Lipinski definition) is 0. The van der Waals surface area contributed by atoms with Gasteiger partial charge in [-0.1, -0.05) is 37.9 Å². The van der Waals surface area contributed by atoms with E-state index in [1.165, 1.54) is 6.42 Å². The molecule has 18 heavy (non-hydrogen) atoms. The summed E-state index contributed by atoms with van der Waals surface area (Å²) in [5, 5.41) is 0.372. The molecule has 98 valence electrons. The minimum Gasteiger partial charge on any atom is -0.337 e. The fraction of sp³-hybridized carbons (Fsp3) is 0.571. The Kier molecular flexibility index (Phi) is 3.91. The van der Waals surface area contributed by atoms with E-state index >= 15 is 0 Å². The van der Waals surface area contributed by atoms with Crippen LogP contribution in [0.15, 0.2) is 18.2 Å². The van der Waals surface area contributed by atoms with Gasteiger partial charge in [0.15, 0.2) is 0 Å². The van der Waals surface area contributed by atoms with Crippen molar-refractivity contribution in [3.8, 4) is 0 Å². The number of hydrogen-bond acceptors (Lipinski definition) is 2. The lowest BCUT2D eigenvalue weighted by molar-refractivity contribution is 0.0594. The third-order valence-corrected chi connectivity index (χ3v) is 4.26. The monoisotopic (exact) mass is 266 g/mol. The molecule has 1 amide bonds. The van der Waals surface area contributed by atoms with Gasteiger partial charge >= 0.3 is 0 Å². The molecule has 1 fully saturated rings. The first kappa shape index (κ1) is 13.3. The minimum absolute atomic E-state index is 0.00402. The molecule has 0 N–H and O–H groups in total. The van der Waals surface area contributed by atoms with Crippen LogP contribution in [-0.2, 0) is 0 Å². The normalized spacial score (nSPS) is 18.7. The number of likely N-dealkylation sites (tertiary alicyclic amines) is 1. The third kappa shape index (κ3) is 2.83. The third-order valence-electron chi connectivity index (χ3n) is 4.05. The summed E-state index contributed by atoms with van der Waals surface area (Å²) in [6.45, 7) is 6.15. The summed E-state index contributed by atoms with van der Waals surface area (Å²) >= 11 is 5.81. The van der Waals surface area contributed by atoms with E-state index in [1.54, 1.807) is 18.2 Å². The molecule has 1 aliphatic rings. The van der Waals surface area contributed by atoms with Gasteiger partial charge in [-0.15, -0.1) is 0 Å². The van der Waals surface area contributed by atoms with Gasteiger partial charge in [-0.3, -0.25) is 4.79 Å². The van der Waals surface area contributed by atoms with Crippen molar-refractivity contribution in [3.63, 3.8) is 0 Å². The lowest BCUT2D eigenvalue weighted by atomic mass is 9.78. The molecule has 0 unspecified atom stereocenters. The molecular weight excluding hydrogens is 248 g/mol. The zero-order valence-corrected chi connectivity index (χ0v) is 11.7. The Bertz CT molecular complexity index is 439. The molecule has 0 spiro atoms. The largest absolute Gasteiger partial charge is 0.337 e. The van der Waals surface area contributed by atoms with Crippen LogP contribution in [0.25, 0.3) is 0 Å². The second-order valence-corrected chi connectivity index (χ2v) is 5.69. The number of amides is 1. The quantitative estimate of drug-likeness (QED) is 0.769. The second kappa shape index (κ2) is 5.27. The smallest absolute Gasteiger partial charge is 0.272 e. The fourth-order valence-electron chi connectivity index (χ4n) is 2.29. The van der Waals surface area contributed by atoms with Gasteiger partial charge in [0.25, 0.3) is 5.91 Å². The zero-order valence-electron chi connectivity index (χ0n) is 10.9. The van der Waals surface area contributed by atoms with Crippen LogP contribution in [0.1, 0.15) is 43.6 Å². The molecular formula is C14H19ClN2O. The van der Waals surface area contributed by atoms with Gasteiger partial charge in [0.2, 0.25) is 0 Å². The summed E-state index contributed by atoms with van der Waals surface area (Å²) in [5.74, 6) is -0.00402. The van der Waals surface area contributed by atoms with E-state index in [1.807, 2.05) is 4.90 Å². The van der Waals surface area contributed by atoms with Gasteiger partial charge in [0.05, 0.1) is 0 Å². The Labute approximate surface area is 113 Å². The first-order valence-corrected chi connectivity index (χ1v) is 6.84. The van der Waals surface area contributed by atoms with Crippen LogP contribution in [0.5, 0.6) is 0 Å². The number of halogens is 1. The van der Waals surface area contributed by atoms with Crippen LogP contribution in [0.3, 0.4) is 0 Å². The first-order valence-electron chi connectivity index (χ1n) is 6.46. The van der Waals surface area contributed by atoms with Crippen molar-refractivity contribution in [2.24, 2.45) is 5.41 Å². The van der Waals surface area contributed by atoms with Crippen LogP contribution < -0.4 is 0 Å². The van der Waals surface area contributed by atoms with Gasteiger partial charge in [0, 0.05) is 13.1 Å². The maximum atomic E-state index is 12.3. The van der Waals surface area contributed by atoms with Gasteiger partial charge < -0.3 is 4.90 Å². The molecule has 0 aliphatic carbocycles. The average molecular weight is 267 g/mol. The summed E-state index contributed by atoms with van der Waals surface area (Å²) < 4.78 is 0. The highest BCUT2D eigenvalue weighted by molar-refractivity contribution is 6.29. The number of carbonyl (C=O) groups is 1. The van der Waals surface area contributed by atoms with E-state index in [9.17, 15) is 4.79 Å². The highest BCUT2D eigenvalue weighted by Gasteiger charge is 2.30. The second-order valence-electron chi connectivity index (χ2n) is 5.30. The number of carbonyl (C=O) groups excluding carboxylic acids is 1. The maximum absolute atomic E-state index is 12.3. The van der Waals surface area contributed by atoms with Crippen molar-refractivity contribution in [2.75, 3.05) is 13.1 Å². The van der Waals surface area contributed by atoms with Crippen molar-refractivity contribution >= 4 is 17.5 Å². The Hall–Kier alpha value is -1.09. The predicted octanol–water partition coefficient (Wildman–Crippen LogP) is 3.39. The molecule has 0 atom stereocenters. The van der Waals surface area contributed by atoms with Gasteiger partial charge in [-0.25, -0.2) is 4.98 Å². The van der Waals surface area contributed by atoms with Crippen LogP contribution in [0.2, 0.25) is 5.15 Å². The highest BCUT2D eigenvalue weighted by Crippen LogP contribution is 2.34. The summed E-state index contributed by atoms with van der Waals surface area (Å²) in [6.07, 6.45) is 3.30. The van der Waals surface area contributed by atoms with Crippen LogP contribution >= 0.6 is 11.6 Å². The van der Waals surface area contributed by atoms with Crippen molar-refractivity contribution in [1.29, 1.82) is 0 Å². The molecule has 3 nitrogen and oxygen atoms in total. The van der Waals surface area contributed by atoms with Crippen LogP contribution in [0, 0.1) is 5.41 Å². The van der Waals surface area contributed by atoms with Crippen molar-refractivity contribution in [1.82, 2.24) is 9.88 Å². The number of pyridine rings is 1. The molecule has 0 radical (unpaired) electrons. The lowest BCUT2D eigenvalue weighted by Gasteiger charge is -2.38. The predicted molar refractivity (Wildman–Crippen MR) is 72.8 cm³/mol. The summed E-state index contributed by atoms with van der Waals surface area (Å²) in [7, 11) is 0. The first-order chi connectivity index (χ1) is 8.54. The Balaban J connectivity index is 2.04. The Morgan fingerprint density at radius 3 is 2.67 bits per heavy atom. The maximum Gasteiger partial charge on any atom is 0.272 e. The zero-order chi connectivity index (χ0) is 13.2. The minimum atomic E-state index is -0.00402. The number of aromatic nitrogens is 1. The summed E-state index contributed by atoms with van der Waals surface area (Å²) in [5.41, 5.74) is 0.834. The van der Waals surface area contributed by atoms with E-state index in [2.05, 4.69) is 18.8 Å². The molecule has 0 aromatic carbocycles. The number of piperidine rings is 1. The Morgan fingerprint density at radius 2 is 2.11 bits per heavy atom. The molecule has 0 saturated carbocycles. The van der Waals surface area contributed by atoms with Gasteiger partial charge in [0.1, 0.15) is 10.8 Å². The molecule has 1 aliphatic heterocycles. The molecule has 4 heteroatoms. The van der Waals surface area contributed by atoms with E-state index < -0.39 is 0 Å². The summed E-state index contributed by atoms with van der Waals surface area (Å²) in [4.78, 5) is 18.2. The highest BCUT2D eigenvalue weighted by atomic mass is 35.5. The molecule has 1 saturated heterocycles. The molecule has 1 aromatic rings. The van der Waals surface area contributed by atoms with Crippen LogP contribution in [0.4, 0.5) is 0 Å². The lowest BCUT2D eigenvalue weighted by Crippen LogP contribution is -2.42. The number of nitrogens with zero attached hydrogens (tertiary/aromatic N) is 2. The van der Waals surface area contributed by atoms with Gasteiger partial charge in [-0.2, -0.15) is 0 Å². The summed E-state index contributed by atoms with van der Waals surface area (Å²) in [6, 6.07) is 5.17. The van der Waals surface area contributed by atoms with E-state index in [-0.39, 0.29) is 5.91 Å². The van der Waals surface area contributed by atoms with E-state index in [0.717, 1.165) is 25.9 Å². The molecule has 0 bridgehead atoms. The van der Waals surface area contributed by atoms with Crippen molar-refractivity contribution < 1.29 is 4.79 Å². The topological polar surface area (TPSA) is 33.2 Å². The van der Waals surface area contributed by atoms with Gasteiger partial charge in [-0.05, 0) is 30.4 Å². The van der Waals surface area contributed by atoms with Crippen molar-refractivity contribution in [2.45, 2.75) is 33.1 Å². The number of rotatable bonds is 2. The fourth-order valence-corrected chi connectivity index (χ4v) is 2.46. The Morgan fingerprint density at radius 1 is 1.44 bits per heavy atom. The van der Waals surface area contributed by atoms with E-state index in [4.69, 9.17) is 11.6 Å². The molecule has 1 aromatic heterocycles. The van der Waals surface area contributed by atoms with Crippen molar-refractivity contribution in [3.05, 3.63) is 29.0 Å². The van der Waals surface area contributed by atoms with Crippen LogP contribution in [-0.4, -0.2) is 28.9 Å². The van der Waals surface area contributed by atoms with E-state index in [0.29, 0.717) is 16.3 Å². The SMILES string of the molecule is CCC1(C)CCN(C(=O)c2cccc(Cl)n2)CC1. The average Bonchev–Trinajstić information content (AvgIpc) is 2.39. The standard InChI is InChI=1S/C14H19ClN2O/c1-3-14(2)7-9-17(10-8-14)13(18)11-5-4-6-12(15)16-11/h4-6H,3,7-10H2,1-2H3. The molecule has 2 rings (SSSR count).